The van der Waals surface area contributed by atoms with Crippen molar-refractivity contribution in [2.75, 3.05) is 0 Å². The standard InChI is InChI=1S/C22H17F4NO2/c23-15-7-5-14(6-8-15)20-13-27(21(28)19-4-2-1-3-18(19)20)16-9-11-17(12-10-16)29-22(24,25)26/h5-13H,1-4H2. The number of nitrogens with zero attached hydrogens (tertiary/aromatic N) is 1. The van der Waals surface area contributed by atoms with E-state index in [1.165, 1.54) is 41.0 Å². The van der Waals surface area contributed by atoms with Crippen LogP contribution in [-0.4, -0.2) is 10.9 Å². The smallest absolute Gasteiger partial charge is 0.406 e. The van der Waals surface area contributed by atoms with Gasteiger partial charge in [-0.15, -0.1) is 13.2 Å². The van der Waals surface area contributed by atoms with Gasteiger partial charge in [-0.25, -0.2) is 4.39 Å². The molecule has 0 saturated heterocycles. The molecule has 0 spiro atoms. The number of fused-ring (bicyclic) bond motifs is 1. The molecule has 7 heteroatoms. The summed E-state index contributed by atoms with van der Waals surface area (Å²) in [7, 11) is 0. The second kappa shape index (κ2) is 7.39. The zero-order chi connectivity index (χ0) is 20.6. The maximum atomic E-state index is 13.4. The van der Waals surface area contributed by atoms with E-state index in [-0.39, 0.29) is 17.1 Å². The van der Waals surface area contributed by atoms with Crippen molar-refractivity contribution in [2.24, 2.45) is 0 Å². The summed E-state index contributed by atoms with van der Waals surface area (Å²) in [5.74, 6) is -0.706. The second-order valence-electron chi connectivity index (χ2n) is 6.93. The highest BCUT2D eigenvalue weighted by Gasteiger charge is 2.31. The predicted molar refractivity (Wildman–Crippen MR) is 101 cm³/mol. The van der Waals surface area contributed by atoms with Crippen molar-refractivity contribution in [3.05, 3.63) is 82.0 Å². The topological polar surface area (TPSA) is 31.2 Å². The van der Waals surface area contributed by atoms with Gasteiger partial charge < -0.3 is 4.74 Å². The van der Waals surface area contributed by atoms with E-state index < -0.39 is 6.36 Å². The highest BCUT2D eigenvalue weighted by molar-refractivity contribution is 5.69. The van der Waals surface area contributed by atoms with Crippen LogP contribution in [0.2, 0.25) is 0 Å². The van der Waals surface area contributed by atoms with Crippen molar-refractivity contribution < 1.29 is 22.3 Å². The molecule has 0 N–H and O–H groups in total. The van der Waals surface area contributed by atoms with E-state index in [1.54, 1.807) is 18.3 Å². The molecule has 1 heterocycles. The Morgan fingerprint density at radius 1 is 0.862 bits per heavy atom. The van der Waals surface area contributed by atoms with Gasteiger partial charge in [-0.3, -0.25) is 9.36 Å². The largest absolute Gasteiger partial charge is 0.573 e. The minimum Gasteiger partial charge on any atom is -0.406 e. The molecule has 4 rings (SSSR count). The SMILES string of the molecule is O=c1c2c(c(-c3ccc(F)cc3)cn1-c1ccc(OC(F)(F)F)cc1)CCCC2. The molecule has 3 nitrogen and oxygen atoms in total. The van der Waals surface area contributed by atoms with Crippen molar-refractivity contribution in [3.8, 4) is 22.6 Å². The van der Waals surface area contributed by atoms with Crippen LogP contribution in [0.5, 0.6) is 5.75 Å². The normalized spacial score (nSPS) is 13.8. The van der Waals surface area contributed by atoms with E-state index in [0.29, 0.717) is 17.7 Å². The van der Waals surface area contributed by atoms with Crippen LogP contribution in [0.4, 0.5) is 17.6 Å². The third-order valence-corrected chi connectivity index (χ3v) is 5.03. The average Bonchev–Trinajstić information content (AvgIpc) is 2.69. The lowest BCUT2D eigenvalue weighted by atomic mass is 9.87. The first-order valence-electron chi connectivity index (χ1n) is 9.21. The third kappa shape index (κ3) is 4.04. The first-order valence-corrected chi connectivity index (χ1v) is 9.21. The van der Waals surface area contributed by atoms with E-state index in [9.17, 15) is 22.4 Å². The van der Waals surface area contributed by atoms with E-state index in [1.807, 2.05) is 0 Å². The molecule has 0 atom stereocenters. The maximum absolute atomic E-state index is 13.4. The van der Waals surface area contributed by atoms with Crippen molar-refractivity contribution in [1.82, 2.24) is 4.57 Å². The number of aromatic nitrogens is 1. The lowest BCUT2D eigenvalue weighted by Crippen LogP contribution is -2.26. The molecule has 0 radical (unpaired) electrons. The molecular weight excluding hydrogens is 386 g/mol. The van der Waals surface area contributed by atoms with Crippen molar-refractivity contribution in [2.45, 2.75) is 32.0 Å². The van der Waals surface area contributed by atoms with Crippen molar-refractivity contribution in [1.29, 1.82) is 0 Å². The molecule has 0 aliphatic heterocycles. The van der Waals surface area contributed by atoms with Gasteiger partial charge in [0.2, 0.25) is 0 Å². The number of pyridine rings is 1. The molecule has 1 aliphatic rings. The molecule has 0 amide bonds. The maximum Gasteiger partial charge on any atom is 0.573 e. The Bertz CT molecular complexity index is 1080. The van der Waals surface area contributed by atoms with Gasteiger partial charge in [0.05, 0.1) is 0 Å². The molecular formula is C22H17F4NO2. The van der Waals surface area contributed by atoms with Crippen LogP contribution in [-0.2, 0) is 12.8 Å². The lowest BCUT2D eigenvalue weighted by molar-refractivity contribution is -0.274. The van der Waals surface area contributed by atoms with Crippen LogP contribution in [0.3, 0.4) is 0 Å². The summed E-state index contributed by atoms with van der Waals surface area (Å²) in [6.07, 6.45) is 0.163. The van der Waals surface area contributed by atoms with E-state index in [2.05, 4.69) is 4.74 Å². The Labute approximate surface area is 164 Å². The monoisotopic (exact) mass is 403 g/mol. The number of rotatable bonds is 3. The molecule has 0 bridgehead atoms. The summed E-state index contributed by atoms with van der Waals surface area (Å²) in [5, 5.41) is 0. The molecule has 0 saturated carbocycles. The molecule has 2 aromatic carbocycles. The number of hydrogen-bond donors (Lipinski definition) is 0. The summed E-state index contributed by atoms with van der Waals surface area (Å²) >= 11 is 0. The van der Waals surface area contributed by atoms with Gasteiger partial charge in [-0.1, -0.05) is 12.1 Å². The molecule has 0 unspecified atom stereocenters. The van der Waals surface area contributed by atoms with Crippen LogP contribution in [0.15, 0.2) is 59.5 Å². The van der Waals surface area contributed by atoms with Crippen LogP contribution < -0.4 is 10.3 Å². The second-order valence-corrected chi connectivity index (χ2v) is 6.93. The molecule has 1 aliphatic carbocycles. The fraction of sp³-hybridized carbons (Fsp3) is 0.227. The molecule has 0 fully saturated rings. The Hall–Kier alpha value is -3.09. The highest BCUT2D eigenvalue weighted by atomic mass is 19.4. The number of benzene rings is 2. The number of alkyl halides is 3. The summed E-state index contributed by atoms with van der Waals surface area (Å²) in [4.78, 5) is 13.1. The quantitative estimate of drug-likeness (QED) is 0.547. The van der Waals surface area contributed by atoms with Gasteiger partial charge in [0.15, 0.2) is 0 Å². The van der Waals surface area contributed by atoms with Gasteiger partial charge in [-0.05, 0) is 73.2 Å². The summed E-state index contributed by atoms with van der Waals surface area (Å²) in [6, 6.07) is 11.2. The first kappa shape index (κ1) is 19.2. The van der Waals surface area contributed by atoms with Crippen molar-refractivity contribution >= 4 is 0 Å². The van der Waals surface area contributed by atoms with Crippen LogP contribution in [0.25, 0.3) is 16.8 Å². The number of halogens is 4. The summed E-state index contributed by atoms with van der Waals surface area (Å²) in [6.45, 7) is 0. The zero-order valence-corrected chi connectivity index (χ0v) is 15.3. The van der Waals surface area contributed by atoms with E-state index >= 15 is 0 Å². The summed E-state index contributed by atoms with van der Waals surface area (Å²) in [5.41, 5.74) is 3.52. The fourth-order valence-electron chi connectivity index (χ4n) is 3.73. The van der Waals surface area contributed by atoms with Crippen molar-refractivity contribution in [3.63, 3.8) is 0 Å². The van der Waals surface area contributed by atoms with Crippen LogP contribution in [0.1, 0.15) is 24.0 Å². The van der Waals surface area contributed by atoms with Gasteiger partial charge in [-0.2, -0.15) is 0 Å². The Morgan fingerprint density at radius 2 is 1.48 bits per heavy atom. The minimum absolute atomic E-state index is 0.185. The van der Waals surface area contributed by atoms with Gasteiger partial charge >= 0.3 is 6.36 Å². The predicted octanol–water partition coefficient (Wildman–Crippen LogP) is 5.42. The third-order valence-electron chi connectivity index (χ3n) is 5.03. The first-order chi connectivity index (χ1) is 13.8. The fourth-order valence-corrected chi connectivity index (χ4v) is 3.73. The average molecular weight is 403 g/mol. The molecule has 3 aromatic rings. The Balaban J connectivity index is 1.82. The van der Waals surface area contributed by atoms with E-state index in [4.69, 9.17) is 0 Å². The zero-order valence-electron chi connectivity index (χ0n) is 15.3. The Morgan fingerprint density at radius 3 is 2.10 bits per heavy atom. The minimum atomic E-state index is -4.78. The molecule has 1 aromatic heterocycles. The highest BCUT2D eigenvalue weighted by Crippen LogP contribution is 2.31. The van der Waals surface area contributed by atoms with Crippen LogP contribution >= 0.6 is 0 Å². The van der Waals surface area contributed by atoms with E-state index in [0.717, 1.165) is 36.0 Å². The van der Waals surface area contributed by atoms with Gasteiger partial charge in [0, 0.05) is 23.0 Å². The van der Waals surface area contributed by atoms with Gasteiger partial charge in [0.25, 0.3) is 5.56 Å². The Kier molecular flexibility index (Phi) is 4.90. The van der Waals surface area contributed by atoms with Gasteiger partial charge in [0.1, 0.15) is 11.6 Å². The molecule has 29 heavy (non-hydrogen) atoms. The number of hydrogen-bond acceptors (Lipinski definition) is 2. The number of ether oxygens (including phenoxy) is 1. The summed E-state index contributed by atoms with van der Waals surface area (Å²) < 4.78 is 55.8. The molecule has 150 valence electrons. The van der Waals surface area contributed by atoms with Crippen LogP contribution in [0, 0.1) is 5.82 Å². The lowest BCUT2D eigenvalue weighted by Gasteiger charge is -2.22.